The van der Waals surface area contributed by atoms with E-state index in [2.05, 4.69) is 10.3 Å². The molecular weight excluding hydrogens is 262 g/mol. The van der Waals surface area contributed by atoms with Gasteiger partial charge in [-0.15, -0.1) is 0 Å². The molecule has 1 aromatic heterocycles. The highest BCUT2D eigenvalue weighted by Gasteiger charge is 2.20. The number of aromatic nitrogens is 2. The van der Waals surface area contributed by atoms with Gasteiger partial charge < -0.3 is 14.6 Å². The smallest absolute Gasteiger partial charge is 0.323 e. The first-order valence-corrected chi connectivity index (χ1v) is 7.56. The first-order valence-electron chi connectivity index (χ1n) is 6.57. The standard InChI is InChI=1S/C13H23N3O2S/c1-5-18-12(17)11(15-10(2)3)6-9-19-13-14-7-8-16(13)4/h7-8,10-11,15H,5-6,9H2,1-4H3. The van der Waals surface area contributed by atoms with Crippen LogP contribution in [0.4, 0.5) is 0 Å². The molecule has 0 saturated carbocycles. The lowest BCUT2D eigenvalue weighted by atomic mass is 10.2. The number of hydrogen-bond acceptors (Lipinski definition) is 5. The monoisotopic (exact) mass is 285 g/mol. The number of aryl methyl sites for hydroxylation is 1. The minimum Gasteiger partial charge on any atom is -0.465 e. The molecule has 1 heterocycles. The zero-order valence-electron chi connectivity index (χ0n) is 12.0. The Morgan fingerprint density at radius 3 is 2.84 bits per heavy atom. The molecule has 0 amide bonds. The van der Waals surface area contributed by atoms with Crippen LogP contribution in [0.3, 0.4) is 0 Å². The van der Waals surface area contributed by atoms with Crippen LogP contribution in [0.1, 0.15) is 27.2 Å². The van der Waals surface area contributed by atoms with E-state index in [1.807, 2.05) is 38.6 Å². The van der Waals surface area contributed by atoms with Crippen LogP contribution in [0, 0.1) is 0 Å². The lowest BCUT2D eigenvalue weighted by Crippen LogP contribution is -2.42. The van der Waals surface area contributed by atoms with E-state index in [9.17, 15) is 4.79 Å². The van der Waals surface area contributed by atoms with Gasteiger partial charge in [-0.05, 0) is 13.3 Å². The summed E-state index contributed by atoms with van der Waals surface area (Å²) in [5.74, 6) is 0.658. The molecule has 19 heavy (non-hydrogen) atoms. The quantitative estimate of drug-likeness (QED) is 0.583. The molecule has 1 N–H and O–H groups in total. The Morgan fingerprint density at radius 2 is 2.32 bits per heavy atom. The summed E-state index contributed by atoms with van der Waals surface area (Å²) < 4.78 is 7.06. The fraction of sp³-hybridized carbons (Fsp3) is 0.692. The SMILES string of the molecule is CCOC(=O)C(CCSc1nccn1C)NC(C)C. The van der Waals surface area contributed by atoms with E-state index in [4.69, 9.17) is 4.74 Å². The zero-order valence-corrected chi connectivity index (χ0v) is 12.9. The molecule has 0 aliphatic heterocycles. The Hall–Kier alpha value is -1.01. The number of carbonyl (C=O) groups excluding carboxylic acids is 1. The molecule has 1 atom stereocenters. The van der Waals surface area contributed by atoms with Gasteiger partial charge in [0.1, 0.15) is 6.04 Å². The molecule has 1 unspecified atom stereocenters. The highest BCUT2D eigenvalue weighted by Crippen LogP contribution is 2.16. The lowest BCUT2D eigenvalue weighted by Gasteiger charge is -2.19. The average Bonchev–Trinajstić information content (AvgIpc) is 2.74. The highest BCUT2D eigenvalue weighted by molar-refractivity contribution is 7.99. The van der Waals surface area contributed by atoms with Gasteiger partial charge in [0.25, 0.3) is 0 Å². The summed E-state index contributed by atoms with van der Waals surface area (Å²) in [4.78, 5) is 16.1. The van der Waals surface area contributed by atoms with E-state index >= 15 is 0 Å². The van der Waals surface area contributed by atoms with Crippen LogP contribution >= 0.6 is 11.8 Å². The largest absolute Gasteiger partial charge is 0.465 e. The molecule has 0 fully saturated rings. The summed E-state index contributed by atoms with van der Waals surface area (Å²) in [5, 5.41) is 4.21. The van der Waals surface area contributed by atoms with E-state index in [1.165, 1.54) is 0 Å². The van der Waals surface area contributed by atoms with E-state index in [1.54, 1.807) is 18.0 Å². The molecule has 0 aliphatic carbocycles. The number of rotatable bonds is 8. The summed E-state index contributed by atoms with van der Waals surface area (Å²) in [6.45, 7) is 6.30. The molecule has 0 saturated heterocycles. The van der Waals surface area contributed by atoms with E-state index in [0.717, 1.165) is 17.3 Å². The molecule has 0 aromatic carbocycles. The number of ether oxygens (including phenoxy) is 1. The van der Waals surface area contributed by atoms with E-state index < -0.39 is 0 Å². The minimum absolute atomic E-state index is 0.170. The molecule has 0 bridgehead atoms. The third kappa shape index (κ3) is 5.65. The number of nitrogens with zero attached hydrogens (tertiary/aromatic N) is 2. The second kappa shape index (κ2) is 8.22. The zero-order chi connectivity index (χ0) is 14.3. The van der Waals surface area contributed by atoms with Crippen LogP contribution in [0.2, 0.25) is 0 Å². The summed E-state index contributed by atoms with van der Waals surface area (Å²) >= 11 is 1.65. The van der Waals surface area contributed by atoms with Crippen LogP contribution in [0.5, 0.6) is 0 Å². The first kappa shape index (κ1) is 16.0. The highest BCUT2D eigenvalue weighted by atomic mass is 32.2. The van der Waals surface area contributed by atoms with Crippen molar-refractivity contribution in [2.24, 2.45) is 7.05 Å². The number of imidazole rings is 1. The van der Waals surface area contributed by atoms with Gasteiger partial charge in [0.2, 0.25) is 0 Å². The number of thioether (sulfide) groups is 1. The fourth-order valence-corrected chi connectivity index (χ4v) is 2.61. The Balaban J connectivity index is 2.44. The molecular formula is C13H23N3O2S. The molecule has 0 spiro atoms. The Kier molecular flexibility index (Phi) is 6.94. The molecule has 0 radical (unpaired) electrons. The van der Waals surface area contributed by atoms with E-state index in [0.29, 0.717) is 6.61 Å². The van der Waals surface area contributed by atoms with Crippen molar-refractivity contribution in [3.8, 4) is 0 Å². The van der Waals surface area contributed by atoms with Gasteiger partial charge in [0, 0.05) is 31.2 Å². The van der Waals surface area contributed by atoms with Gasteiger partial charge in [-0.3, -0.25) is 4.79 Å². The van der Waals surface area contributed by atoms with Crippen LogP contribution in [-0.2, 0) is 16.6 Å². The van der Waals surface area contributed by atoms with Crippen molar-refractivity contribution in [3.05, 3.63) is 12.4 Å². The van der Waals surface area contributed by atoms with E-state index in [-0.39, 0.29) is 18.1 Å². The summed E-state index contributed by atoms with van der Waals surface area (Å²) in [5.41, 5.74) is 0. The van der Waals surface area contributed by atoms with Crippen molar-refractivity contribution >= 4 is 17.7 Å². The van der Waals surface area contributed by atoms with Gasteiger partial charge in [-0.2, -0.15) is 0 Å². The van der Waals surface area contributed by atoms with Crippen LogP contribution < -0.4 is 5.32 Å². The number of esters is 1. The molecule has 1 aromatic rings. The normalized spacial score (nSPS) is 12.7. The van der Waals surface area contributed by atoms with Crippen LogP contribution in [0.15, 0.2) is 17.6 Å². The lowest BCUT2D eigenvalue weighted by molar-refractivity contribution is -0.145. The number of carbonyl (C=O) groups is 1. The fourth-order valence-electron chi connectivity index (χ4n) is 1.67. The topological polar surface area (TPSA) is 56.1 Å². The Bertz CT molecular complexity index is 393. The minimum atomic E-state index is -0.243. The first-order chi connectivity index (χ1) is 9.04. The maximum atomic E-state index is 11.8. The van der Waals surface area contributed by atoms with Gasteiger partial charge >= 0.3 is 5.97 Å². The second-order valence-electron chi connectivity index (χ2n) is 4.58. The summed E-state index contributed by atoms with van der Waals surface area (Å²) in [6, 6.07) is 0.0142. The third-order valence-corrected chi connectivity index (χ3v) is 3.61. The second-order valence-corrected chi connectivity index (χ2v) is 5.65. The number of hydrogen-bond donors (Lipinski definition) is 1. The van der Waals surface area contributed by atoms with Gasteiger partial charge in [0.15, 0.2) is 5.16 Å². The van der Waals surface area contributed by atoms with Gasteiger partial charge in [-0.25, -0.2) is 4.98 Å². The van der Waals surface area contributed by atoms with Crippen molar-refractivity contribution in [2.45, 2.75) is 44.4 Å². The number of nitrogens with one attached hydrogen (secondary N) is 1. The summed E-state index contributed by atoms with van der Waals surface area (Å²) in [6.07, 6.45) is 4.42. The van der Waals surface area contributed by atoms with Gasteiger partial charge in [-0.1, -0.05) is 25.6 Å². The maximum Gasteiger partial charge on any atom is 0.323 e. The van der Waals surface area contributed by atoms with Crippen molar-refractivity contribution in [1.82, 2.24) is 14.9 Å². The predicted molar refractivity (Wildman–Crippen MR) is 77.2 cm³/mol. The van der Waals surface area contributed by atoms with Crippen LogP contribution in [-0.4, -0.2) is 40.0 Å². The van der Waals surface area contributed by atoms with Crippen molar-refractivity contribution in [3.63, 3.8) is 0 Å². The maximum absolute atomic E-state index is 11.8. The molecule has 0 aliphatic rings. The molecule has 1 rings (SSSR count). The van der Waals surface area contributed by atoms with Crippen LogP contribution in [0.25, 0.3) is 0 Å². The van der Waals surface area contributed by atoms with Crippen molar-refractivity contribution < 1.29 is 9.53 Å². The predicted octanol–water partition coefficient (Wildman–Crippen LogP) is 1.83. The molecule has 108 valence electrons. The Labute approximate surface area is 119 Å². The van der Waals surface area contributed by atoms with Crippen molar-refractivity contribution in [1.29, 1.82) is 0 Å². The Morgan fingerprint density at radius 1 is 1.58 bits per heavy atom. The summed E-state index contributed by atoms with van der Waals surface area (Å²) in [7, 11) is 1.96. The average molecular weight is 285 g/mol. The third-order valence-electron chi connectivity index (χ3n) is 2.52. The van der Waals surface area contributed by atoms with Gasteiger partial charge in [0.05, 0.1) is 6.61 Å². The van der Waals surface area contributed by atoms with Crippen molar-refractivity contribution in [2.75, 3.05) is 12.4 Å². The molecule has 6 heteroatoms. The molecule has 5 nitrogen and oxygen atoms in total.